The molecule has 1 nitrogen and oxygen atoms in total. The van der Waals surface area contributed by atoms with Crippen LogP contribution in [0.1, 0.15) is 25.0 Å². The zero-order chi connectivity index (χ0) is 11.4. The summed E-state index contributed by atoms with van der Waals surface area (Å²) >= 11 is 3.60. The molecule has 0 saturated carbocycles. The molecule has 16 heavy (non-hydrogen) atoms. The molecule has 2 aromatic rings. The van der Waals surface area contributed by atoms with Gasteiger partial charge < -0.3 is 5.11 Å². The van der Waals surface area contributed by atoms with E-state index in [9.17, 15) is 5.11 Å². The molecule has 0 bridgehead atoms. The molecule has 2 rings (SSSR count). The molecule has 0 aliphatic rings. The average Bonchev–Trinajstić information content (AvgIpc) is 2.76. The minimum Gasteiger partial charge on any atom is -0.388 e. The Labute approximate surface area is 104 Å². The summed E-state index contributed by atoms with van der Waals surface area (Å²) in [7, 11) is 0. The molecule has 1 N–H and O–H groups in total. The monoisotopic (exact) mass is 252 g/mol. The molecule has 0 aliphatic heterocycles. The van der Waals surface area contributed by atoms with Crippen molar-refractivity contribution in [3.05, 3.63) is 35.2 Å². The lowest BCUT2D eigenvalue weighted by Gasteiger charge is -2.11. The van der Waals surface area contributed by atoms with Crippen LogP contribution in [0.5, 0.6) is 0 Å². The number of aliphatic hydroxyl groups excluding tert-OH is 1. The average molecular weight is 252 g/mol. The van der Waals surface area contributed by atoms with Crippen LogP contribution in [-0.4, -0.2) is 16.6 Å². The van der Waals surface area contributed by atoms with Crippen molar-refractivity contribution in [3.8, 4) is 0 Å². The van der Waals surface area contributed by atoms with E-state index in [4.69, 9.17) is 0 Å². The van der Waals surface area contributed by atoms with Gasteiger partial charge in [-0.25, -0.2) is 0 Å². The Kier molecular flexibility index (Phi) is 4.27. The molecule has 1 heterocycles. The molecular formula is C13H16OS2. The third-order valence-corrected chi connectivity index (χ3v) is 4.52. The quantitative estimate of drug-likeness (QED) is 0.809. The Morgan fingerprint density at radius 2 is 2.25 bits per heavy atom. The SMILES string of the molecule is CCSCCC(O)c1cccc2ccsc12. The van der Waals surface area contributed by atoms with Crippen LogP contribution in [0.4, 0.5) is 0 Å². The Morgan fingerprint density at radius 1 is 1.38 bits per heavy atom. The van der Waals surface area contributed by atoms with Gasteiger partial charge in [-0.2, -0.15) is 11.8 Å². The molecule has 0 amide bonds. The van der Waals surface area contributed by atoms with Gasteiger partial charge in [-0.15, -0.1) is 11.3 Å². The summed E-state index contributed by atoms with van der Waals surface area (Å²) in [4.78, 5) is 0. The number of thiophene rings is 1. The van der Waals surface area contributed by atoms with Crippen molar-refractivity contribution < 1.29 is 5.11 Å². The van der Waals surface area contributed by atoms with Gasteiger partial charge in [-0.1, -0.05) is 25.1 Å². The molecule has 1 aromatic heterocycles. The van der Waals surface area contributed by atoms with Crippen molar-refractivity contribution in [1.29, 1.82) is 0 Å². The normalized spacial score (nSPS) is 13.1. The predicted octanol–water partition coefficient (Wildman–Crippen LogP) is 4.08. The minimum absolute atomic E-state index is 0.318. The van der Waals surface area contributed by atoms with Gasteiger partial charge >= 0.3 is 0 Å². The predicted molar refractivity (Wildman–Crippen MR) is 74.4 cm³/mol. The van der Waals surface area contributed by atoms with E-state index < -0.39 is 0 Å². The topological polar surface area (TPSA) is 20.2 Å². The van der Waals surface area contributed by atoms with Crippen molar-refractivity contribution in [2.24, 2.45) is 0 Å². The number of hydrogen-bond acceptors (Lipinski definition) is 3. The zero-order valence-corrected chi connectivity index (χ0v) is 11.0. The van der Waals surface area contributed by atoms with Gasteiger partial charge in [0.05, 0.1) is 6.10 Å². The highest BCUT2D eigenvalue weighted by Crippen LogP contribution is 2.30. The standard InChI is InChI=1S/C13H16OS2/c1-2-15-8-7-12(14)11-5-3-4-10-6-9-16-13(10)11/h3-6,9,12,14H,2,7-8H2,1H3. The van der Waals surface area contributed by atoms with Crippen LogP contribution >= 0.6 is 23.1 Å². The van der Waals surface area contributed by atoms with Crippen LogP contribution in [0, 0.1) is 0 Å². The molecule has 0 aliphatic carbocycles. The molecular weight excluding hydrogens is 236 g/mol. The van der Waals surface area contributed by atoms with Gasteiger partial charge in [0.2, 0.25) is 0 Å². The summed E-state index contributed by atoms with van der Waals surface area (Å²) in [5.74, 6) is 2.15. The van der Waals surface area contributed by atoms with Crippen LogP contribution in [0.3, 0.4) is 0 Å². The van der Waals surface area contributed by atoms with E-state index in [0.29, 0.717) is 0 Å². The van der Waals surface area contributed by atoms with Crippen LogP contribution in [0.2, 0.25) is 0 Å². The minimum atomic E-state index is -0.318. The number of benzene rings is 1. The van der Waals surface area contributed by atoms with Crippen molar-refractivity contribution in [2.75, 3.05) is 11.5 Å². The van der Waals surface area contributed by atoms with E-state index in [1.165, 1.54) is 10.1 Å². The van der Waals surface area contributed by atoms with Gasteiger partial charge in [0.15, 0.2) is 0 Å². The van der Waals surface area contributed by atoms with Gasteiger partial charge in [0.1, 0.15) is 0 Å². The smallest absolute Gasteiger partial charge is 0.0811 e. The van der Waals surface area contributed by atoms with E-state index in [1.54, 1.807) is 11.3 Å². The van der Waals surface area contributed by atoms with Crippen LogP contribution < -0.4 is 0 Å². The fourth-order valence-corrected chi connectivity index (χ4v) is 3.42. The number of hydrogen-bond donors (Lipinski definition) is 1. The molecule has 1 aromatic carbocycles. The third-order valence-electron chi connectivity index (χ3n) is 2.61. The first-order valence-corrected chi connectivity index (χ1v) is 7.58. The summed E-state index contributed by atoms with van der Waals surface area (Å²) in [6.07, 6.45) is 0.525. The lowest BCUT2D eigenvalue weighted by atomic mass is 10.1. The second kappa shape index (κ2) is 5.71. The summed E-state index contributed by atoms with van der Waals surface area (Å²) < 4.78 is 1.23. The van der Waals surface area contributed by atoms with E-state index in [1.807, 2.05) is 23.9 Å². The first-order valence-electron chi connectivity index (χ1n) is 5.55. The molecule has 0 radical (unpaired) electrons. The molecule has 86 valence electrons. The van der Waals surface area contributed by atoms with Crippen LogP contribution in [0.25, 0.3) is 10.1 Å². The van der Waals surface area contributed by atoms with Crippen molar-refractivity contribution in [1.82, 2.24) is 0 Å². The summed E-state index contributed by atoms with van der Waals surface area (Å²) in [6, 6.07) is 8.28. The number of aliphatic hydroxyl groups is 1. The van der Waals surface area contributed by atoms with Crippen LogP contribution in [0.15, 0.2) is 29.6 Å². The zero-order valence-electron chi connectivity index (χ0n) is 9.35. The molecule has 3 heteroatoms. The van der Waals surface area contributed by atoms with Crippen molar-refractivity contribution in [3.63, 3.8) is 0 Å². The fraction of sp³-hybridized carbons (Fsp3) is 0.385. The van der Waals surface area contributed by atoms with Gasteiger partial charge in [-0.05, 0) is 40.3 Å². The highest BCUT2D eigenvalue weighted by molar-refractivity contribution is 7.99. The molecule has 0 fully saturated rings. The van der Waals surface area contributed by atoms with Crippen molar-refractivity contribution in [2.45, 2.75) is 19.4 Å². The first kappa shape index (κ1) is 12.0. The molecule has 0 saturated heterocycles. The van der Waals surface area contributed by atoms with Gasteiger partial charge in [0, 0.05) is 4.70 Å². The second-order valence-corrected chi connectivity index (χ2v) is 6.00. The number of fused-ring (bicyclic) bond motifs is 1. The molecule has 1 unspecified atom stereocenters. The highest BCUT2D eigenvalue weighted by atomic mass is 32.2. The summed E-state index contributed by atoms with van der Waals surface area (Å²) in [6.45, 7) is 2.15. The molecule has 0 spiro atoms. The number of thioether (sulfide) groups is 1. The highest BCUT2D eigenvalue weighted by Gasteiger charge is 2.11. The second-order valence-electron chi connectivity index (χ2n) is 3.69. The van der Waals surface area contributed by atoms with Crippen LogP contribution in [-0.2, 0) is 0 Å². The fourth-order valence-electron chi connectivity index (χ4n) is 1.77. The number of rotatable bonds is 5. The molecule has 1 atom stereocenters. The van der Waals surface area contributed by atoms with Gasteiger partial charge in [0.25, 0.3) is 0 Å². The van der Waals surface area contributed by atoms with E-state index >= 15 is 0 Å². The van der Waals surface area contributed by atoms with E-state index in [0.717, 1.165) is 23.5 Å². The maximum absolute atomic E-state index is 10.2. The maximum atomic E-state index is 10.2. The largest absolute Gasteiger partial charge is 0.388 e. The maximum Gasteiger partial charge on any atom is 0.0811 e. The van der Waals surface area contributed by atoms with Gasteiger partial charge in [-0.3, -0.25) is 0 Å². The lowest BCUT2D eigenvalue weighted by molar-refractivity contribution is 0.177. The van der Waals surface area contributed by atoms with Crippen molar-refractivity contribution >= 4 is 33.2 Å². The summed E-state index contributed by atoms with van der Waals surface area (Å²) in [5, 5.41) is 13.5. The third kappa shape index (κ3) is 2.59. The Morgan fingerprint density at radius 3 is 3.06 bits per heavy atom. The first-order chi connectivity index (χ1) is 7.83. The Bertz CT molecular complexity index is 450. The van der Waals surface area contributed by atoms with E-state index in [-0.39, 0.29) is 6.10 Å². The lowest BCUT2D eigenvalue weighted by Crippen LogP contribution is -1.99. The summed E-state index contributed by atoms with van der Waals surface area (Å²) in [5.41, 5.74) is 1.09. The Hall–Kier alpha value is -0.510. The Balaban J connectivity index is 2.15. The van der Waals surface area contributed by atoms with E-state index in [2.05, 4.69) is 24.4 Å².